The van der Waals surface area contributed by atoms with Gasteiger partial charge in [0, 0.05) is 47.8 Å². The second-order valence-corrected chi connectivity index (χ2v) is 14.2. The lowest BCUT2D eigenvalue weighted by Crippen LogP contribution is -2.55. The molecule has 1 N–H and O–H groups in total. The van der Waals surface area contributed by atoms with E-state index in [0.29, 0.717) is 33.8 Å². The Bertz CT molecular complexity index is 2130. The molecule has 2 atom stereocenters. The van der Waals surface area contributed by atoms with Crippen LogP contribution in [0.1, 0.15) is 36.8 Å². The molecule has 1 aliphatic rings. The highest BCUT2D eigenvalue weighted by molar-refractivity contribution is 7.92. The molecule has 0 bridgehead atoms. The van der Waals surface area contributed by atoms with E-state index in [-0.39, 0.29) is 5.69 Å². The molecule has 0 spiro atoms. The molecule has 1 fully saturated rings. The van der Waals surface area contributed by atoms with Crippen LogP contribution in [-0.4, -0.2) is 55.6 Å². The van der Waals surface area contributed by atoms with E-state index in [1.165, 1.54) is 0 Å². The topological polar surface area (TPSA) is 128 Å². The van der Waals surface area contributed by atoms with Crippen LogP contribution in [0.25, 0.3) is 22.3 Å². The molecule has 3 heterocycles. The van der Waals surface area contributed by atoms with Crippen LogP contribution < -0.4 is 19.7 Å². The zero-order valence-electron chi connectivity index (χ0n) is 28.4. The number of pyridine rings is 2. The molecule has 0 aliphatic carbocycles. The van der Waals surface area contributed by atoms with Crippen molar-refractivity contribution in [3.05, 3.63) is 121 Å². The van der Waals surface area contributed by atoms with Gasteiger partial charge in [0.05, 0.1) is 24.8 Å². The molecule has 268 valence electrons. The Morgan fingerprint density at radius 1 is 0.712 bits per heavy atom. The summed E-state index contributed by atoms with van der Waals surface area (Å²) in [6.07, 6.45) is 6.51. The molecule has 6 rings (SSSR count). The van der Waals surface area contributed by atoms with Crippen molar-refractivity contribution in [2.24, 2.45) is 0 Å². The van der Waals surface area contributed by atoms with Crippen molar-refractivity contribution in [1.29, 1.82) is 0 Å². The molecule has 3 amide bonds. The summed E-state index contributed by atoms with van der Waals surface area (Å²) >= 11 is 0. The largest absolute Gasteiger partial charge is 0.501 e. The van der Waals surface area contributed by atoms with Crippen molar-refractivity contribution in [2.75, 3.05) is 19.1 Å². The van der Waals surface area contributed by atoms with Crippen molar-refractivity contribution in [1.82, 2.24) is 15.3 Å². The highest BCUT2D eigenvalue weighted by Gasteiger charge is 2.59. The molecule has 3 aromatic carbocycles. The van der Waals surface area contributed by atoms with Crippen molar-refractivity contribution in [3.63, 3.8) is 0 Å². The fourth-order valence-electron chi connectivity index (χ4n) is 6.75. The molecule has 0 radical (unpaired) electrons. The molecule has 14 heteroatoms. The average molecular weight is 731 g/mol. The van der Waals surface area contributed by atoms with Gasteiger partial charge in [-0.3, -0.25) is 14.8 Å². The number of imide groups is 1. The van der Waals surface area contributed by atoms with Crippen molar-refractivity contribution in [3.8, 4) is 33.8 Å². The molecule has 2 unspecified atom stereocenters. The van der Waals surface area contributed by atoms with Gasteiger partial charge < -0.3 is 14.8 Å². The first-order chi connectivity index (χ1) is 24.7. The van der Waals surface area contributed by atoms with Crippen LogP contribution in [0, 0.1) is 0 Å². The van der Waals surface area contributed by atoms with E-state index in [4.69, 9.17) is 9.47 Å². The Labute approximate surface area is 298 Å². The summed E-state index contributed by atoms with van der Waals surface area (Å²) in [5, 5.41) is 2.98. The number of alkyl halides is 3. The number of benzene rings is 3. The maximum Gasteiger partial charge on any atom is 0.501 e. The summed E-state index contributed by atoms with van der Waals surface area (Å²) in [7, 11) is -2.56. The molecule has 1 saturated heterocycles. The zero-order valence-corrected chi connectivity index (χ0v) is 29.2. The van der Waals surface area contributed by atoms with Gasteiger partial charge >= 0.3 is 11.5 Å². The third-order valence-electron chi connectivity index (χ3n) is 9.59. The molecule has 0 saturated carbocycles. The van der Waals surface area contributed by atoms with Crippen molar-refractivity contribution in [2.45, 2.75) is 41.6 Å². The summed E-state index contributed by atoms with van der Waals surface area (Å²) in [5.41, 5.74) is -3.06. The summed E-state index contributed by atoms with van der Waals surface area (Å²) < 4.78 is 74.7. The third-order valence-corrected chi connectivity index (χ3v) is 11.1. The van der Waals surface area contributed by atoms with Gasteiger partial charge in [0.15, 0.2) is 0 Å². The van der Waals surface area contributed by atoms with E-state index in [1.807, 2.05) is 38.1 Å². The molecule has 1 aliphatic heterocycles. The van der Waals surface area contributed by atoms with E-state index < -0.39 is 49.6 Å². The number of halogens is 3. The molecule has 52 heavy (non-hydrogen) atoms. The van der Waals surface area contributed by atoms with E-state index in [2.05, 4.69) is 15.3 Å². The first kappa shape index (κ1) is 36.0. The standard InChI is InChI=1S/C38H33F3N4O6S/c1-23(31-17-19-42-21-33(31)25-5-11-28(50-3)12-6-25)37(24(2)32-18-20-43-22-34(32)26-7-13-29(51-4)14-8-26)35(46)45(36(47)44-37)27-9-15-30(16-10-27)52(48,49)38(39,40)41/h5-24H,1-4H3,(H,44,47). The lowest BCUT2D eigenvalue weighted by molar-refractivity contribution is -0.123. The number of sulfone groups is 1. The van der Waals surface area contributed by atoms with Crippen LogP contribution in [0.15, 0.2) is 115 Å². The minimum absolute atomic E-state index is 0.111. The fourth-order valence-corrected chi connectivity index (χ4v) is 7.51. The second kappa shape index (κ2) is 13.8. The maximum absolute atomic E-state index is 15.1. The van der Waals surface area contributed by atoms with E-state index in [9.17, 15) is 26.4 Å². The molecule has 5 aromatic rings. The quantitative estimate of drug-likeness (QED) is 0.146. The van der Waals surface area contributed by atoms with Gasteiger partial charge in [0.2, 0.25) is 0 Å². The predicted octanol–water partition coefficient (Wildman–Crippen LogP) is 7.52. The number of hydrogen-bond donors (Lipinski definition) is 1. The van der Waals surface area contributed by atoms with E-state index in [0.717, 1.165) is 40.3 Å². The number of aromatic nitrogens is 2. The minimum Gasteiger partial charge on any atom is -0.497 e. The monoisotopic (exact) mass is 730 g/mol. The number of methoxy groups -OCH3 is 2. The second-order valence-electron chi connectivity index (χ2n) is 12.2. The Kier molecular flexibility index (Phi) is 9.53. The average Bonchev–Trinajstić information content (AvgIpc) is 3.43. The normalized spacial score (nSPS) is 17.4. The molecule has 10 nitrogen and oxygen atoms in total. The number of nitrogens with one attached hydrogen (secondary N) is 1. The van der Waals surface area contributed by atoms with Crippen molar-refractivity contribution >= 4 is 27.5 Å². The number of nitrogens with zero attached hydrogens (tertiary/aromatic N) is 3. The van der Waals surface area contributed by atoms with Crippen LogP contribution in [-0.2, 0) is 14.6 Å². The minimum atomic E-state index is -5.67. The summed E-state index contributed by atoms with van der Waals surface area (Å²) in [6.45, 7) is 3.63. The highest BCUT2D eigenvalue weighted by atomic mass is 32.2. The molecular formula is C38H33F3N4O6S. The molecule has 2 aromatic heterocycles. The summed E-state index contributed by atoms with van der Waals surface area (Å²) in [5.74, 6) is -0.909. The number of hydrogen-bond acceptors (Lipinski definition) is 8. The van der Waals surface area contributed by atoms with Gasteiger partial charge in [-0.15, -0.1) is 0 Å². The summed E-state index contributed by atoms with van der Waals surface area (Å²) in [6, 6.07) is 20.7. The van der Waals surface area contributed by atoms with Gasteiger partial charge in [-0.25, -0.2) is 18.1 Å². The first-order valence-electron chi connectivity index (χ1n) is 16.0. The predicted molar refractivity (Wildman–Crippen MR) is 188 cm³/mol. The first-order valence-corrected chi connectivity index (χ1v) is 17.5. The number of carbonyl (C=O) groups excluding carboxylic acids is 2. The number of urea groups is 1. The number of ether oxygens (including phenoxy) is 2. The van der Waals surface area contributed by atoms with Gasteiger partial charge in [-0.05, 0) is 82.9 Å². The lowest BCUT2D eigenvalue weighted by atomic mass is 9.68. The van der Waals surface area contributed by atoms with Crippen LogP contribution in [0.4, 0.5) is 23.7 Å². The van der Waals surface area contributed by atoms with Crippen LogP contribution in [0.3, 0.4) is 0 Å². The van der Waals surface area contributed by atoms with E-state index in [1.54, 1.807) is 75.4 Å². The number of carbonyl (C=O) groups is 2. The van der Waals surface area contributed by atoms with Crippen molar-refractivity contribution < 1.29 is 40.7 Å². The van der Waals surface area contributed by atoms with E-state index >= 15 is 4.79 Å². The number of rotatable bonds is 10. The third kappa shape index (κ3) is 6.12. The Hall–Kier alpha value is -5.76. The van der Waals surface area contributed by atoms with Gasteiger partial charge in [-0.1, -0.05) is 38.1 Å². The zero-order chi connectivity index (χ0) is 37.4. The van der Waals surface area contributed by atoms with Gasteiger partial charge in [-0.2, -0.15) is 13.2 Å². The highest BCUT2D eigenvalue weighted by Crippen LogP contribution is 2.48. The maximum atomic E-state index is 15.1. The van der Waals surface area contributed by atoms with Gasteiger partial charge in [0.1, 0.15) is 17.0 Å². The summed E-state index contributed by atoms with van der Waals surface area (Å²) in [4.78, 5) is 37.6. The van der Waals surface area contributed by atoms with Crippen LogP contribution >= 0.6 is 0 Å². The number of amides is 3. The fraction of sp³-hybridized carbons (Fsp3) is 0.211. The lowest BCUT2D eigenvalue weighted by Gasteiger charge is -2.40. The SMILES string of the molecule is COc1ccc(-c2cnccc2C(C)C2(C(C)c3ccncc3-c3ccc(OC)cc3)NC(=O)N(c3ccc(S(=O)(=O)C(F)(F)F)cc3)C2=O)cc1. The van der Waals surface area contributed by atoms with Crippen LogP contribution in [0.2, 0.25) is 0 Å². The Morgan fingerprint density at radius 2 is 1.15 bits per heavy atom. The van der Waals surface area contributed by atoms with Gasteiger partial charge in [0.25, 0.3) is 15.7 Å². The Balaban J connectivity index is 1.51. The number of anilines is 1. The molecular weight excluding hydrogens is 698 g/mol. The van der Waals surface area contributed by atoms with Crippen LogP contribution in [0.5, 0.6) is 11.5 Å². The smallest absolute Gasteiger partial charge is 0.497 e. The Morgan fingerprint density at radius 3 is 1.56 bits per heavy atom.